The molecule has 8 heteroatoms. The zero-order chi connectivity index (χ0) is 25.5. The fourth-order valence-electron chi connectivity index (χ4n) is 4.57. The van der Waals surface area contributed by atoms with E-state index < -0.39 is 17.9 Å². The lowest BCUT2D eigenvalue weighted by molar-refractivity contribution is -0.126. The smallest absolute Gasteiger partial charge is 0.287 e. The van der Waals surface area contributed by atoms with Crippen LogP contribution in [0.3, 0.4) is 0 Å². The quantitative estimate of drug-likeness (QED) is 0.470. The molecule has 1 aliphatic rings. The summed E-state index contributed by atoms with van der Waals surface area (Å²) >= 11 is 0. The number of ether oxygens (including phenoxy) is 1. The Morgan fingerprint density at radius 1 is 1.06 bits per heavy atom. The first-order chi connectivity index (χ1) is 17.5. The van der Waals surface area contributed by atoms with E-state index in [2.05, 4.69) is 10.6 Å². The number of hydrogen-bond donors (Lipinski definition) is 2. The molecule has 0 aliphatic heterocycles. The molecule has 0 unspecified atom stereocenters. The van der Waals surface area contributed by atoms with Gasteiger partial charge in [0.15, 0.2) is 5.76 Å². The van der Waals surface area contributed by atoms with E-state index in [0.717, 1.165) is 31.2 Å². The van der Waals surface area contributed by atoms with Gasteiger partial charge in [0.1, 0.15) is 11.8 Å². The summed E-state index contributed by atoms with van der Waals surface area (Å²) in [6.45, 7) is 1.57. The van der Waals surface area contributed by atoms with Crippen LogP contribution in [0.5, 0.6) is 5.75 Å². The van der Waals surface area contributed by atoms with E-state index >= 15 is 0 Å². The average molecular weight is 490 g/mol. The third-order valence-electron chi connectivity index (χ3n) is 6.41. The lowest BCUT2D eigenvalue weighted by Gasteiger charge is -2.33. The number of benzene rings is 2. The van der Waals surface area contributed by atoms with Gasteiger partial charge in [-0.2, -0.15) is 0 Å². The van der Waals surface area contributed by atoms with Crippen molar-refractivity contribution in [3.05, 3.63) is 83.8 Å². The number of aryl methyl sites for hydroxylation is 1. The zero-order valence-electron chi connectivity index (χ0n) is 20.5. The molecule has 0 bridgehead atoms. The minimum Gasteiger partial charge on any atom is -0.497 e. The summed E-state index contributed by atoms with van der Waals surface area (Å²) in [4.78, 5) is 41.5. The zero-order valence-corrected chi connectivity index (χ0v) is 20.5. The molecule has 1 aromatic heterocycles. The molecule has 1 aliphatic carbocycles. The Morgan fingerprint density at radius 2 is 1.83 bits per heavy atom. The number of nitrogens with one attached hydrogen (secondary N) is 2. The molecule has 0 radical (unpaired) electrons. The van der Waals surface area contributed by atoms with E-state index in [4.69, 9.17) is 9.15 Å². The number of amides is 3. The number of methoxy groups -OCH3 is 1. The Hall–Kier alpha value is -4.07. The molecule has 3 aromatic rings. The molecule has 0 saturated heterocycles. The lowest BCUT2D eigenvalue weighted by Crippen LogP contribution is -2.49. The highest BCUT2D eigenvalue weighted by molar-refractivity contribution is 6.04. The van der Waals surface area contributed by atoms with Crippen molar-refractivity contribution < 1.29 is 23.5 Å². The van der Waals surface area contributed by atoms with Crippen LogP contribution in [0.1, 0.15) is 53.4 Å². The molecule has 1 saturated carbocycles. The fourth-order valence-corrected chi connectivity index (χ4v) is 4.57. The van der Waals surface area contributed by atoms with Crippen molar-refractivity contribution in [1.29, 1.82) is 0 Å². The predicted octanol–water partition coefficient (Wildman–Crippen LogP) is 4.16. The van der Waals surface area contributed by atoms with E-state index in [0.29, 0.717) is 17.0 Å². The van der Waals surface area contributed by atoms with Gasteiger partial charge in [-0.1, -0.05) is 43.2 Å². The maximum Gasteiger partial charge on any atom is 0.287 e. The molecule has 36 heavy (non-hydrogen) atoms. The topological polar surface area (TPSA) is 101 Å². The highest BCUT2D eigenvalue weighted by Gasteiger charge is 2.35. The van der Waals surface area contributed by atoms with Gasteiger partial charge in [0, 0.05) is 11.7 Å². The van der Waals surface area contributed by atoms with Crippen LogP contribution in [-0.4, -0.2) is 37.4 Å². The maximum absolute atomic E-state index is 13.8. The minimum absolute atomic E-state index is 0.0677. The third-order valence-corrected chi connectivity index (χ3v) is 6.41. The van der Waals surface area contributed by atoms with Crippen molar-refractivity contribution in [2.75, 3.05) is 18.6 Å². The number of hydrogen-bond acceptors (Lipinski definition) is 5. The first-order valence-corrected chi connectivity index (χ1v) is 12.1. The molecule has 1 atom stereocenters. The van der Waals surface area contributed by atoms with Crippen LogP contribution in [-0.2, 0) is 9.59 Å². The Bertz CT molecular complexity index is 1200. The van der Waals surface area contributed by atoms with Gasteiger partial charge in [-0.3, -0.25) is 19.3 Å². The second kappa shape index (κ2) is 11.6. The SMILES string of the molecule is COc1cccc([C@@H](C(=O)NC2CCCC2)N(C(=O)CNC(=O)c2ccco2)c2ccccc2C)c1. The molecule has 188 valence electrons. The number of nitrogens with zero attached hydrogens (tertiary/aromatic N) is 1. The Kier molecular flexibility index (Phi) is 8.05. The summed E-state index contributed by atoms with van der Waals surface area (Å²) in [5.41, 5.74) is 2.02. The van der Waals surface area contributed by atoms with Gasteiger partial charge in [-0.05, 0) is 61.2 Å². The molecule has 2 N–H and O–H groups in total. The molecule has 1 heterocycles. The Labute approximate surface area is 210 Å². The molecule has 1 fully saturated rings. The average Bonchev–Trinajstić information content (AvgIpc) is 3.61. The Balaban J connectivity index is 1.71. The van der Waals surface area contributed by atoms with Crippen molar-refractivity contribution in [3.8, 4) is 5.75 Å². The van der Waals surface area contributed by atoms with Crippen LogP contribution >= 0.6 is 0 Å². The maximum atomic E-state index is 13.8. The second-order valence-corrected chi connectivity index (χ2v) is 8.88. The number of carbonyl (C=O) groups excluding carboxylic acids is 3. The van der Waals surface area contributed by atoms with Crippen LogP contribution in [0.15, 0.2) is 71.3 Å². The lowest BCUT2D eigenvalue weighted by atomic mass is 10.0. The van der Waals surface area contributed by atoms with Crippen LogP contribution < -0.4 is 20.3 Å². The highest BCUT2D eigenvalue weighted by Crippen LogP contribution is 2.32. The number of carbonyl (C=O) groups is 3. The highest BCUT2D eigenvalue weighted by atomic mass is 16.5. The second-order valence-electron chi connectivity index (χ2n) is 8.88. The van der Waals surface area contributed by atoms with Gasteiger partial charge in [0.2, 0.25) is 11.8 Å². The summed E-state index contributed by atoms with van der Waals surface area (Å²) in [6, 6.07) is 16.8. The molecule has 3 amide bonds. The summed E-state index contributed by atoms with van der Waals surface area (Å²) in [6.07, 6.45) is 5.34. The van der Waals surface area contributed by atoms with Crippen molar-refractivity contribution in [3.63, 3.8) is 0 Å². The van der Waals surface area contributed by atoms with Crippen LogP contribution in [0.4, 0.5) is 5.69 Å². The van der Waals surface area contributed by atoms with E-state index in [1.54, 1.807) is 43.5 Å². The van der Waals surface area contributed by atoms with E-state index in [-0.39, 0.29) is 24.3 Å². The first-order valence-electron chi connectivity index (χ1n) is 12.1. The van der Waals surface area contributed by atoms with Gasteiger partial charge in [0.25, 0.3) is 5.91 Å². The van der Waals surface area contributed by atoms with Crippen molar-refractivity contribution in [2.45, 2.75) is 44.7 Å². The van der Waals surface area contributed by atoms with Crippen molar-refractivity contribution in [2.24, 2.45) is 0 Å². The fraction of sp³-hybridized carbons (Fsp3) is 0.321. The Morgan fingerprint density at radius 3 is 2.53 bits per heavy atom. The van der Waals surface area contributed by atoms with Gasteiger partial charge < -0.3 is 19.8 Å². The van der Waals surface area contributed by atoms with E-state index in [1.165, 1.54) is 17.2 Å². The monoisotopic (exact) mass is 489 g/mol. The summed E-state index contributed by atoms with van der Waals surface area (Å²) in [7, 11) is 1.56. The minimum atomic E-state index is -0.963. The molecular weight excluding hydrogens is 458 g/mol. The van der Waals surface area contributed by atoms with E-state index in [9.17, 15) is 14.4 Å². The number of rotatable bonds is 9. The van der Waals surface area contributed by atoms with Gasteiger partial charge >= 0.3 is 0 Å². The van der Waals surface area contributed by atoms with Crippen molar-refractivity contribution in [1.82, 2.24) is 10.6 Å². The summed E-state index contributed by atoms with van der Waals surface area (Å²) in [5, 5.41) is 5.77. The standard InChI is InChI=1S/C28H31N3O5/c1-19-9-3-6-14-23(19)31(25(32)18-29-27(33)24-15-8-16-36-24)26(20-10-7-13-22(17-20)35-2)28(34)30-21-11-4-5-12-21/h3,6-10,13-17,21,26H,4-5,11-12,18H2,1-2H3,(H,29,33)(H,30,34)/t26-/m0/s1. The number of anilines is 1. The van der Waals surface area contributed by atoms with Gasteiger partial charge in [-0.25, -0.2) is 0 Å². The molecule has 8 nitrogen and oxygen atoms in total. The third kappa shape index (κ3) is 5.76. The number of furan rings is 1. The van der Waals surface area contributed by atoms with Crippen LogP contribution in [0.2, 0.25) is 0 Å². The summed E-state index contributed by atoms with van der Waals surface area (Å²) < 4.78 is 10.5. The van der Waals surface area contributed by atoms with Crippen molar-refractivity contribution >= 4 is 23.4 Å². The molecular formula is C28H31N3O5. The normalized spacial score (nSPS) is 14.2. The van der Waals surface area contributed by atoms with Gasteiger partial charge in [0.05, 0.1) is 19.9 Å². The largest absolute Gasteiger partial charge is 0.497 e. The van der Waals surface area contributed by atoms with Crippen LogP contribution in [0, 0.1) is 6.92 Å². The first kappa shape index (κ1) is 25.0. The molecule has 2 aromatic carbocycles. The number of para-hydroxylation sites is 1. The van der Waals surface area contributed by atoms with E-state index in [1.807, 2.05) is 25.1 Å². The molecule has 0 spiro atoms. The predicted molar refractivity (Wildman–Crippen MR) is 136 cm³/mol. The van der Waals surface area contributed by atoms with Gasteiger partial charge in [-0.15, -0.1) is 0 Å². The van der Waals surface area contributed by atoms with Crippen LogP contribution in [0.25, 0.3) is 0 Å². The molecule has 4 rings (SSSR count). The summed E-state index contributed by atoms with van der Waals surface area (Å²) in [5.74, 6) is -0.530.